The van der Waals surface area contributed by atoms with Crippen molar-refractivity contribution in [2.75, 3.05) is 5.73 Å². The van der Waals surface area contributed by atoms with Crippen LogP contribution < -0.4 is 5.73 Å². The lowest BCUT2D eigenvalue weighted by Gasteiger charge is -1.89. The van der Waals surface area contributed by atoms with Crippen molar-refractivity contribution in [2.24, 2.45) is 7.05 Å². The van der Waals surface area contributed by atoms with Gasteiger partial charge in [0.2, 0.25) is 0 Å². The molecule has 0 spiro atoms. The van der Waals surface area contributed by atoms with E-state index >= 15 is 0 Å². The second kappa shape index (κ2) is 3.02. The number of anilines is 1. The van der Waals surface area contributed by atoms with Crippen molar-refractivity contribution in [3.8, 4) is 0 Å². The first kappa shape index (κ1) is 8.86. The first-order valence-electron chi connectivity index (χ1n) is 3.21. The third kappa shape index (κ3) is 1.50. The van der Waals surface area contributed by atoms with Crippen LogP contribution in [0.25, 0.3) is 0 Å². The van der Waals surface area contributed by atoms with E-state index in [1.807, 2.05) is 0 Å². The molecule has 0 atom stereocenters. The fourth-order valence-corrected chi connectivity index (χ4v) is 1.05. The Morgan fingerprint density at radius 2 is 2.42 bits per heavy atom. The van der Waals surface area contributed by atoms with Crippen LogP contribution in [0.3, 0.4) is 0 Å². The van der Waals surface area contributed by atoms with Crippen LogP contribution in [0, 0.1) is 0 Å². The van der Waals surface area contributed by atoms with E-state index in [1.165, 1.54) is 4.68 Å². The maximum Gasteiger partial charge on any atom is 0.309 e. The number of carboxylic acid groups (broad SMARTS) is 1. The van der Waals surface area contributed by atoms with Crippen LogP contribution >= 0.6 is 11.6 Å². The van der Waals surface area contributed by atoms with Gasteiger partial charge in [-0.15, -0.1) is 0 Å². The number of aliphatic carboxylic acids is 1. The van der Waals surface area contributed by atoms with Crippen molar-refractivity contribution in [1.29, 1.82) is 0 Å². The molecule has 1 aromatic rings. The van der Waals surface area contributed by atoms with Crippen LogP contribution in [0.2, 0.25) is 5.02 Å². The Labute approximate surface area is 73.7 Å². The summed E-state index contributed by atoms with van der Waals surface area (Å²) in [6.07, 6.45) is -0.204. The number of rotatable bonds is 2. The monoisotopic (exact) mass is 189 g/mol. The molecule has 1 rings (SSSR count). The lowest BCUT2D eigenvalue weighted by atomic mass is 10.3. The highest BCUT2D eigenvalue weighted by Gasteiger charge is 2.13. The van der Waals surface area contributed by atoms with Crippen molar-refractivity contribution in [1.82, 2.24) is 9.78 Å². The standard InChI is InChI=1S/C6H8ClN3O2/c1-10-6(8)5(7)3(9-10)2-4(11)12/h2,8H2,1H3,(H,11,12). The molecule has 0 radical (unpaired) electrons. The molecule has 0 aromatic carbocycles. The number of hydrogen-bond donors (Lipinski definition) is 2. The molecule has 1 aromatic heterocycles. The predicted octanol–water partition coefficient (Wildman–Crippen LogP) is 0.283. The molecule has 3 N–H and O–H groups in total. The molecular weight excluding hydrogens is 182 g/mol. The van der Waals surface area contributed by atoms with Gasteiger partial charge in [0.25, 0.3) is 0 Å². The minimum Gasteiger partial charge on any atom is -0.481 e. The summed E-state index contributed by atoms with van der Waals surface area (Å²) in [5.41, 5.74) is 5.75. The van der Waals surface area contributed by atoms with Gasteiger partial charge >= 0.3 is 5.97 Å². The summed E-state index contributed by atoms with van der Waals surface area (Å²) in [5, 5.41) is 12.5. The fraction of sp³-hybridized carbons (Fsp3) is 0.333. The number of hydrogen-bond acceptors (Lipinski definition) is 3. The quantitative estimate of drug-likeness (QED) is 0.701. The number of nitrogens with two attached hydrogens (primary N) is 1. The van der Waals surface area contributed by atoms with Crippen molar-refractivity contribution in [3.05, 3.63) is 10.7 Å². The van der Waals surface area contributed by atoms with Crippen molar-refractivity contribution in [2.45, 2.75) is 6.42 Å². The van der Waals surface area contributed by atoms with Gasteiger partial charge in [-0.05, 0) is 0 Å². The van der Waals surface area contributed by atoms with E-state index in [-0.39, 0.29) is 17.3 Å². The van der Waals surface area contributed by atoms with Crippen molar-refractivity contribution in [3.63, 3.8) is 0 Å². The second-order valence-corrected chi connectivity index (χ2v) is 2.72. The Kier molecular flexibility index (Phi) is 2.23. The molecule has 0 saturated heterocycles. The van der Waals surface area contributed by atoms with Gasteiger partial charge in [-0.3, -0.25) is 9.48 Å². The average Bonchev–Trinajstić information content (AvgIpc) is 2.17. The molecule has 0 saturated carbocycles. The summed E-state index contributed by atoms with van der Waals surface area (Å²) in [6, 6.07) is 0. The predicted molar refractivity (Wildman–Crippen MR) is 44.0 cm³/mol. The summed E-state index contributed by atoms with van der Waals surface area (Å²) in [4.78, 5) is 10.3. The molecule has 0 aliphatic heterocycles. The van der Waals surface area contributed by atoms with Crippen LogP contribution in [-0.2, 0) is 18.3 Å². The molecule has 66 valence electrons. The zero-order valence-corrected chi connectivity index (χ0v) is 7.17. The number of carbonyl (C=O) groups is 1. The molecule has 6 heteroatoms. The van der Waals surface area contributed by atoms with Crippen LogP contribution in [0.5, 0.6) is 0 Å². The molecule has 0 bridgehead atoms. The van der Waals surface area contributed by atoms with Gasteiger partial charge in [-0.25, -0.2) is 0 Å². The third-order valence-corrected chi connectivity index (χ3v) is 1.83. The SMILES string of the molecule is Cn1nc(CC(=O)O)c(Cl)c1N. The Hall–Kier alpha value is -1.23. The van der Waals surface area contributed by atoms with Crippen LogP contribution in [0.15, 0.2) is 0 Å². The minimum atomic E-state index is -0.977. The molecule has 0 aliphatic carbocycles. The molecule has 0 unspecified atom stereocenters. The normalized spacial score (nSPS) is 10.2. The van der Waals surface area contributed by atoms with Crippen molar-refractivity contribution < 1.29 is 9.90 Å². The Balaban J connectivity index is 3.01. The lowest BCUT2D eigenvalue weighted by Crippen LogP contribution is -2.02. The van der Waals surface area contributed by atoms with E-state index in [4.69, 9.17) is 22.4 Å². The Morgan fingerprint density at radius 3 is 2.75 bits per heavy atom. The Morgan fingerprint density at radius 1 is 1.83 bits per heavy atom. The second-order valence-electron chi connectivity index (χ2n) is 2.34. The first-order valence-corrected chi connectivity index (χ1v) is 3.58. The van der Waals surface area contributed by atoms with E-state index in [0.717, 1.165) is 0 Å². The van der Waals surface area contributed by atoms with Gasteiger partial charge in [0, 0.05) is 7.05 Å². The number of carboxylic acids is 1. The lowest BCUT2D eigenvalue weighted by molar-refractivity contribution is -0.136. The highest BCUT2D eigenvalue weighted by atomic mass is 35.5. The summed E-state index contributed by atoms with van der Waals surface area (Å²) in [7, 11) is 1.60. The number of nitrogens with zero attached hydrogens (tertiary/aromatic N) is 2. The summed E-state index contributed by atoms with van der Waals surface area (Å²) in [6.45, 7) is 0. The maximum absolute atomic E-state index is 10.3. The topological polar surface area (TPSA) is 81.1 Å². The van der Waals surface area contributed by atoms with Crippen LogP contribution in [0.4, 0.5) is 5.82 Å². The van der Waals surface area contributed by atoms with E-state index in [1.54, 1.807) is 7.05 Å². The zero-order chi connectivity index (χ0) is 9.30. The van der Waals surface area contributed by atoms with E-state index < -0.39 is 5.97 Å². The molecular formula is C6H8ClN3O2. The van der Waals surface area contributed by atoms with Crippen LogP contribution in [0.1, 0.15) is 5.69 Å². The highest BCUT2D eigenvalue weighted by Crippen LogP contribution is 2.22. The maximum atomic E-state index is 10.3. The van der Waals surface area contributed by atoms with Gasteiger partial charge in [-0.2, -0.15) is 5.10 Å². The van der Waals surface area contributed by atoms with E-state index in [2.05, 4.69) is 5.10 Å². The van der Waals surface area contributed by atoms with Gasteiger partial charge in [0.15, 0.2) is 0 Å². The third-order valence-electron chi connectivity index (χ3n) is 1.42. The van der Waals surface area contributed by atoms with Gasteiger partial charge in [0.05, 0.1) is 12.1 Å². The number of halogens is 1. The van der Waals surface area contributed by atoms with Gasteiger partial charge < -0.3 is 10.8 Å². The average molecular weight is 190 g/mol. The van der Waals surface area contributed by atoms with E-state index in [9.17, 15) is 4.79 Å². The summed E-state index contributed by atoms with van der Waals surface area (Å²) >= 11 is 5.69. The number of aromatic nitrogens is 2. The van der Waals surface area contributed by atoms with Gasteiger partial charge in [0.1, 0.15) is 10.8 Å². The Bertz CT molecular complexity index is 321. The fourth-order valence-electron chi connectivity index (χ4n) is 0.825. The smallest absolute Gasteiger partial charge is 0.309 e. The summed E-state index contributed by atoms with van der Waals surface area (Å²) < 4.78 is 1.35. The minimum absolute atomic E-state index is 0.204. The van der Waals surface area contributed by atoms with Gasteiger partial charge in [-0.1, -0.05) is 11.6 Å². The largest absolute Gasteiger partial charge is 0.481 e. The first-order chi connectivity index (χ1) is 5.52. The molecule has 5 nitrogen and oxygen atoms in total. The molecule has 1 heterocycles. The zero-order valence-electron chi connectivity index (χ0n) is 6.41. The number of aryl methyl sites for hydroxylation is 1. The van der Waals surface area contributed by atoms with E-state index in [0.29, 0.717) is 5.69 Å². The van der Waals surface area contributed by atoms with Crippen LogP contribution in [-0.4, -0.2) is 20.9 Å². The highest BCUT2D eigenvalue weighted by molar-refractivity contribution is 6.33. The molecule has 0 aliphatic rings. The molecule has 0 amide bonds. The molecule has 0 fully saturated rings. The summed E-state index contributed by atoms with van der Waals surface area (Å²) in [5.74, 6) is -0.692. The molecule has 12 heavy (non-hydrogen) atoms. The van der Waals surface area contributed by atoms with Crippen molar-refractivity contribution >= 4 is 23.4 Å². The number of nitrogen functional groups attached to an aromatic ring is 1.